The Hall–Kier alpha value is -0.870. The van der Waals surface area contributed by atoms with Gasteiger partial charge in [0.25, 0.3) is 0 Å². The highest BCUT2D eigenvalue weighted by molar-refractivity contribution is 4.98. The molecule has 1 aliphatic heterocycles. The van der Waals surface area contributed by atoms with E-state index in [4.69, 9.17) is 5.73 Å². The van der Waals surface area contributed by atoms with Crippen molar-refractivity contribution in [3.8, 4) is 0 Å². The van der Waals surface area contributed by atoms with Crippen molar-refractivity contribution in [3.63, 3.8) is 0 Å². The second-order valence-electron chi connectivity index (χ2n) is 3.33. The molecule has 66 valence electrons. The van der Waals surface area contributed by atoms with E-state index in [0.717, 1.165) is 18.9 Å². The van der Waals surface area contributed by atoms with Gasteiger partial charge in [0.2, 0.25) is 0 Å². The van der Waals surface area contributed by atoms with Crippen LogP contribution in [0.2, 0.25) is 0 Å². The lowest BCUT2D eigenvalue weighted by molar-refractivity contribution is 0.138. The summed E-state index contributed by atoms with van der Waals surface area (Å²) < 4.78 is 2.18. The van der Waals surface area contributed by atoms with Crippen LogP contribution < -0.4 is 5.73 Å². The first-order chi connectivity index (χ1) is 5.81. The summed E-state index contributed by atoms with van der Waals surface area (Å²) in [6.45, 7) is 2.76. The molecule has 1 fully saturated rings. The molecule has 1 saturated heterocycles. The van der Waals surface area contributed by atoms with Crippen molar-refractivity contribution in [3.05, 3.63) is 18.2 Å². The van der Waals surface area contributed by atoms with E-state index in [1.165, 1.54) is 0 Å². The monoisotopic (exact) mass is 166 g/mol. The van der Waals surface area contributed by atoms with E-state index in [9.17, 15) is 0 Å². The third-order valence-corrected chi connectivity index (χ3v) is 2.37. The molecule has 0 saturated carbocycles. The first-order valence-electron chi connectivity index (χ1n) is 4.21. The molecule has 1 aliphatic rings. The van der Waals surface area contributed by atoms with Crippen molar-refractivity contribution in [1.82, 2.24) is 14.5 Å². The van der Waals surface area contributed by atoms with E-state index in [1.54, 1.807) is 0 Å². The molecule has 0 spiro atoms. The van der Waals surface area contributed by atoms with Gasteiger partial charge in [-0.15, -0.1) is 0 Å². The van der Waals surface area contributed by atoms with Gasteiger partial charge in [-0.05, 0) is 7.05 Å². The average molecular weight is 166 g/mol. The summed E-state index contributed by atoms with van der Waals surface area (Å²) in [5.41, 5.74) is 5.55. The minimum absolute atomic E-state index is 0.535. The van der Waals surface area contributed by atoms with Gasteiger partial charge < -0.3 is 15.2 Å². The molecule has 0 unspecified atom stereocenters. The minimum Gasteiger partial charge on any atom is -0.328 e. The summed E-state index contributed by atoms with van der Waals surface area (Å²) >= 11 is 0. The second kappa shape index (κ2) is 2.88. The van der Waals surface area contributed by atoms with Gasteiger partial charge in [-0.2, -0.15) is 0 Å². The Kier molecular flexibility index (Phi) is 1.86. The van der Waals surface area contributed by atoms with Crippen LogP contribution in [-0.2, 0) is 6.54 Å². The number of likely N-dealkylation sites (tertiary alicyclic amines) is 1. The standard InChI is InChI=1S/C8H14N4/c1-11-5-7(6-11)12-3-2-10-8(12)4-9/h2-3,7H,4-6,9H2,1H3. The van der Waals surface area contributed by atoms with E-state index in [0.29, 0.717) is 12.6 Å². The van der Waals surface area contributed by atoms with Gasteiger partial charge in [0.15, 0.2) is 0 Å². The molecule has 4 heteroatoms. The zero-order chi connectivity index (χ0) is 8.55. The van der Waals surface area contributed by atoms with Crippen LogP contribution in [0.5, 0.6) is 0 Å². The molecule has 1 aromatic heterocycles. The lowest BCUT2D eigenvalue weighted by Gasteiger charge is -2.37. The van der Waals surface area contributed by atoms with Crippen LogP contribution in [0.4, 0.5) is 0 Å². The highest BCUT2D eigenvalue weighted by Gasteiger charge is 2.25. The van der Waals surface area contributed by atoms with Crippen molar-refractivity contribution in [1.29, 1.82) is 0 Å². The van der Waals surface area contributed by atoms with Gasteiger partial charge in [0.1, 0.15) is 5.82 Å². The average Bonchev–Trinajstić information content (AvgIpc) is 2.45. The van der Waals surface area contributed by atoms with Crippen LogP contribution in [0.25, 0.3) is 0 Å². The number of nitrogens with zero attached hydrogens (tertiary/aromatic N) is 3. The van der Waals surface area contributed by atoms with Crippen LogP contribution in [0, 0.1) is 0 Å². The Morgan fingerprint density at radius 2 is 2.42 bits per heavy atom. The van der Waals surface area contributed by atoms with Crippen LogP contribution in [-0.4, -0.2) is 34.6 Å². The summed E-state index contributed by atoms with van der Waals surface area (Å²) in [5, 5.41) is 0. The molecule has 0 bridgehead atoms. The Morgan fingerprint density at radius 1 is 1.67 bits per heavy atom. The van der Waals surface area contributed by atoms with Gasteiger partial charge in [0, 0.05) is 25.5 Å². The Morgan fingerprint density at radius 3 is 3.00 bits per heavy atom. The quantitative estimate of drug-likeness (QED) is 0.663. The van der Waals surface area contributed by atoms with Crippen LogP contribution in [0.3, 0.4) is 0 Å². The molecule has 0 amide bonds. The molecule has 2 rings (SSSR count). The van der Waals surface area contributed by atoms with Gasteiger partial charge in [-0.3, -0.25) is 0 Å². The predicted molar refractivity (Wildman–Crippen MR) is 46.7 cm³/mol. The summed E-state index contributed by atoms with van der Waals surface area (Å²) in [5.74, 6) is 0.994. The minimum atomic E-state index is 0.535. The van der Waals surface area contributed by atoms with Crippen molar-refractivity contribution < 1.29 is 0 Å². The van der Waals surface area contributed by atoms with Crippen molar-refractivity contribution >= 4 is 0 Å². The fourth-order valence-corrected chi connectivity index (χ4v) is 1.68. The molecule has 0 radical (unpaired) electrons. The molecular weight excluding hydrogens is 152 g/mol. The lowest BCUT2D eigenvalue weighted by atomic mass is 10.1. The van der Waals surface area contributed by atoms with E-state index in [-0.39, 0.29) is 0 Å². The molecular formula is C8H14N4. The summed E-state index contributed by atoms with van der Waals surface area (Å²) in [4.78, 5) is 6.46. The number of hydrogen-bond donors (Lipinski definition) is 1. The van der Waals surface area contributed by atoms with E-state index in [2.05, 4.69) is 21.5 Å². The smallest absolute Gasteiger partial charge is 0.122 e. The third kappa shape index (κ3) is 1.13. The number of hydrogen-bond acceptors (Lipinski definition) is 3. The summed E-state index contributed by atoms with van der Waals surface area (Å²) in [7, 11) is 2.12. The fraction of sp³-hybridized carbons (Fsp3) is 0.625. The van der Waals surface area contributed by atoms with Crippen molar-refractivity contribution in [2.24, 2.45) is 5.73 Å². The third-order valence-electron chi connectivity index (χ3n) is 2.37. The molecule has 0 aromatic carbocycles. The van der Waals surface area contributed by atoms with Crippen LogP contribution in [0.15, 0.2) is 12.4 Å². The zero-order valence-corrected chi connectivity index (χ0v) is 7.27. The van der Waals surface area contributed by atoms with Crippen molar-refractivity contribution in [2.45, 2.75) is 12.6 Å². The number of rotatable bonds is 2. The fourth-order valence-electron chi connectivity index (χ4n) is 1.68. The maximum atomic E-state index is 5.55. The Balaban J connectivity index is 2.12. The van der Waals surface area contributed by atoms with E-state index < -0.39 is 0 Å². The second-order valence-corrected chi connectivity index (χ2v) is 3.33. The maximum absolute atomic E-state index is 5.55. The largest absolute Gasteiger partial charge is 0.328 e. The highest BCUT2D eigenvalue weighted by Crippen LogP contribution is 2.19. The normalized spacial score (nSPS) is 19.5. The van der Waals surface area contributed by atoms with Gasteiger partial charge in [-0.1, -0.05) is 0 Å². The summed E-state index contributed by atoms with van der Waals surface area (Å²) in [6.07, 6.45) is 3.83. The lowest BCUT2D eigenvalue weighted by Crippen LogP contribution is -2.45. The van der Waals surface area contributed by atoms with Crippen molar-refractivity contribution in [2.75, 3.05) is 20.1 Å². The number of likely N-dealkylation sites (N-methyl/N-ethyl adjacent to an activating group) is 1. The number of imidazole rings is 1. The Labute approximate surface area is 72.0 Å². The molecule has 0 atom stereocenters. The highest BCUT2D eigenvalue weighted by atomic mass is 15.3. The molecule has 4 nitrogen and oxygen atoms in total. The SMILES string of the molecule is CN1CC(n2ccnc2CN)C1. The van der Waals surface area contributed by atoms with E-state index in [1.807, 2.05) is 12.4 Å². The topological polar surface area (TPSA) is 47.1 Å². The number of aromatic nitrogens is 2. The van der Waals surface area contributed by atoms with Gasteiger partial charge in [0.05, 0.1) is 12.6 Å². The van der Waals surface area contributed by atoms with Gasteiger partial charge >= 0.3 is 0 Å². The first-order valence-corrected chi connectivity index (χ1v) is 4.21. The zero-order valence-electron chi connectivity index (χ0n) is 7.27. The van der Waals surface area contributed by atoms with E-state index >= 15 is 0 Å². The summed E-state index contributed by atoms with van der Waals surface area (Å²) in [6, 6.07) is 0.594. The first kappa shape index (κ1) is 7.76. The predicted octanol–water partition coefficient (Wildman–Crippen LogP) is -0.172. The van der Waals surface area contributed by atoms with Crippen LogP contribution in [0.1, 0.15) is 11.9 Å². The number of nitrogens with two attached hydrogens (primary N) is 1. The maximum Gasteiger partial charge on any atom is 0.122 e. The Bertz CT molecular complexity index is 262. The molecule has 0 aliphatic carbocycles. The molecule has 2 heterocycles. The molecule has 1 aromatic rings. The molecule has 12 heavy (non-hydrogen) atoms. The molecule has 2 N–H and O–H groups in total. The van der Waals surface area contributed by atoms with Gasteiger partial charge in [-0.25, -0.2) is 4.98 Å². The van der Waals surface area contributed by atoms with Crippen LogP contribution >= 0.6 is 0 Å².